The maximum absolute atomic E-state index is 13.1. The largest absolute Gasteiger partial charge is 0.454 e. The lowest BCUT2D eigenvalue weighted by atomic mass is 10.1. The average molecular weight is 372 g/mol. The predicted octanol–water partition coefficient (Wildman–Crippen LogP) is 2.61. The molecule has 0 saturated carbocycles. The number of ether oxygens (including phenoxy) is 2. The van der Waals surface area contributed by atoms with Crippen LogP contribution in [-0.2, 0) is 22.7 Å². The SMILES string of the molecule is CC(=O)N(Cc1ccc(F)cc1)C(C)C(=O)NCc1ccc2c(c1)OCO2. The van der Waals surface area contributed by atoms with Crippen LogP contribution in [0, 0.1) is 5.82 Å². The first-order valence-corrected chi connectivity index (χ1v) is 8.62. The number of benzene rings is 2. The highest BCUT2D eigenvalue weighted by atomic mass is 19.1. The van der Waals surface area contributed by atoms with E-state index in [1.807, 2.05) is 12.1 Å². The summed E-state index contributed by atoms with van der Waals surface area (Å²) >= 11 is 0. The Labute approximate surface area is 156 Å². The number of nitrogens with one attached hydrogen (secondary N) is 1. The quantitative estimate of drug-likeness (QED) is 0.846. The molecule has 0 aliphatic carbocycles. The summed E-state index contributed by atoms with van der Waals surface area (Å²) < 4.78 is 23.6. The van der Waals surface area contributed by atoms with Gasteiger partial charge in [-0.3, -0.25) is 9.59 Å². The van der Waals surface area contributed by atoms with Crippen LogP contribution in [0.3, 0.4) is 0 Å². The van der Waals surface area contributed by atoms with Gasteiger partial charge in [0, 0.05) is 20.0 Å². The molecule has 0 saturated heterocycles. The molecule has 6 nitrogen and oxygen atoms in total. The maximum atomic E-state index is 13.1. The monoisotopic (exact) mass is 372 g/mol. The lowest BCUT2D eigenvalue weighted by Crippen LogP contribution is -2.46. The molecule has 1 heterocycles. The van der Waals surface area contributed by atoms with Gasteiger partial charge in [0.25, 0.3) is 0 Å². The van der Waals surface area contributed by atoms with Crippen LogP contribution in [0.15, 0.2) is 42.5 Å². The number of carbonyl (C=O) groups excluding carboxylic acids is 2. The van der Waals surface area contributed by atoms with E-state index in [0.717, 1.165) is 11.1 Å². The number of hydrogen-bond donors (Lipinski definition) is 1. The van der Waals surface area contributed by atoms with E-state index in [4.69, 9.17) is 9.47 Å². The van der Waals surface area contributed by atoms with Gasteiger partial charge in [0.1, 0.15) is 11.9 Å². The van der Waals surface area contributed by atoms with Crippen LogP contribution < -0.4 is 14.8 Å². The number of hydrogen-bond acceptors (Lipinski definition) is 4. The molecule has 1 N–H and O–H groups in total. The summed E-state index contributed by atoms with van der Waals surface area (Å²) in [6, 6.07) is 10.7. The number of halogens is 1. The molecule has 0 bridgehead atoms. The fourth-order valence-corrected chi connectivity index (χ4v) is 2.84. The lowest BCUT2D eigenvalue weighted by Gasteiger charge is -2.27. The standard InChI is InChI=1S/C20H21FN2O4/c1-13(23(14(2)24)11-15-3-6-17(21)7-4-15)20(25)22-10-16-5-8-18-19(9-16)27-12-26-18/h3-9,13H,10-12H2,1-2H3,(H,22,25). The molecule has 27 heavy (non-hydrogen) atoms. The molecule has 7 heteroatoms. The molecular weight excluding hydrogens is 351 g/mol. The highest BCUT2D eigenvalue weighted by Crippen LogP contribution is 2.32. The van der Waals surface area contributed by atoms with E-state index in [1.54, 1.807) is 25.1 Å². The molecular formula is C20H21FN2O4. The molecule has 0 radical (unpaired) electrons. The Bertz CT molecular complexity index is 838. The normalized spacial score (nSPS) is 13.1. The number of rotatable bonds is 6. The topological polar surface area (TPSA) is 67.9 Å². The van der Waals surface area contributed by atoms with Crippen molar-refractivity contribution in [2.24, 2.45) is 0 Å². The van der Waals surface area contributed by atoms with E-state index in [1.165, 1.54) is 24.0 Å². The first-order valence-electron chi connectivity index (χ1n) is 8.62. The Balaban J connectivity index is 1.61. The first kappa shape index (κ1) is 18.7. The third kappa shape index (κ3) is 4.55. The first-order chi connectivity index (χ1) is 12.9. The van der Waals surface area contributed by atoms with Crippen molar-refractivity contribution in [1.82, 2.24) is 10.2 Å². The maximum Gasteiger partial charge on any atom is 0.242 e. The van der Waals surface area contributed by atoms with E-state index < -0.39 is 6.04 Å². The van der Waals surface area contributed by atoms with Crippen LogP contribution in [0.2, 0.25) is 0 Å². The highest BCUT2D eigenvalue weighted by Gasteiger charge is 2.24. The Kier molecular flexibility index (Phi) is 5.59. The predicted molar refractivity (Wildman–Crippen MR) is 96.5 cm³/mol. The van der Waals surface area contributed by atoms with E-state index >= 15 is 0 Å². The zero-order valence-corrected chi connectivity index (χ0v) is 15.2. The Morgan fingerprint density at radius 1 is 1.11 bits per heavy atom. The molecule has 1 unspecified atom stereocenters. The van der Waals surface area contributed by atoms with Gasteiger partial charge < -0.3 is 19.7 Å². The zero-order valence-electron chi connectivity index (χ0n) is 15.2. The van der Waals surface area contributed by atoms with Gasteiger partial charge in [0.05, 0.1) is 0 Å². The summed E-state index contributed by atoms with van der Waals surface area (Å²) in [6.07, 6.45) is 0. The van der Waals surface area contributed by atoms with E-state index in [-0.39, 0.29) is 31.0 Å². The van der Waals surface area contributed by atoms with Crippen molar-refractivity contribution in [3.8, 4) is 11.5 Å². The summed E-state index contributed by atoms with van der Waals surface area (Å²) in [5.74, 6) is 0.481. The van der Waals surface area contributed by atoms with Gasteiger partial charge >= 0.3 is 0 Å². The van der Waals surface area contributed by atoms with Crippen LogP contribution in [0.5, 0.6) is 11.5 Å². The Morgan fingerprint density at radius 3 is 2.48 bits per heavy atom. The molecule has 0 fully saturated rings. The van der Waals surface area contributed by atoms with Crippen molar-refractivity contribution >= 4 is 11.8 Å². The lowest BCUT2D eigenvalue weighted by molar-refractivity contribution is -0.139. The van der Waals surface area contributed by atoms with Gasteiger partial charge in [0.15, 0.2) is 11.5 Å². The van der Waals surface area contributed by atoms with Crippen LogP contribution in [-0.4, -0.2) is 29.5 Å². The van der Waals surface area contributed by atoms with E-state index in [2.05, 4.69) is 5.32 Å². The molecule has 0 spiro atoms. The molecule has 1 atom stereocenters. The van der Waals surface area contributed by atoms with Gasteiger partial charge in [-0.15, -0.1) is 0 Å². The number of nitrogens with zero attached hydrogens (tertiary/aromatic N) is 1. The summed E-state index contributed by atoms with van der Waals surface area (Å²) in [5, 5.41) is 2.83. The molecule has 142 valence electrons. The second-order valence-corrected chi connectivity index (χ2v) is 6.35. The number of fused-ring (bicyclic) bond motifs is 1. The van der Waals surface area contributed by atoms with Crippen LogP contribution in [0.1, 0.15) is 25.0 Å². The second-order valence-electron chi connectivity index (χ2n) is 6.35. The van der Waals surface area contributed by atoms with Crippen molar-refractivity contribution < 1.29 is 23.5 Å². The summed E-state index contributed by atoms with van der Waals surface area (Å²) in [6.45, 7) is 3.81. The molecule has 1 aliphatic heterocycles. The molecule has 3 rings (SSSR count). The van der Waals surface area contributed by atoms with Gasteiger partial charge in [0.2, 0.25) is 18.6 Å². The Morgan fingerprint density at radius 2 is 1.78 bits per heavy atom. The van der Waals surface area contributed by atoms with Crippen molar-refractivity contribution in [3.63, 3.8) is 0 Å². The zero-order chi connectivity index (χ0) is 19.4. The fraction of sp³-hybridized carbons (Fsp3) is 0.300. The van der Waals surface area contributed by atoms with Gasteiger partial charge in [-0.2, -0.15) is 0 Å². The minimum absolute atomic E-state index is 0.194. The van der Waals surface area contributed by atoms with Crippen molar-refractivity contribution in [1.29, 1.82) is 0 Å². The van der Waals surface area contributed by atoms with Crippen molar-refractivity contribution in [2.45, 2.75) is 33.0 Å². The Hall–Kier alpha value is -3.09. The van der Waals surface area contributed by atoms with Crippen LogP contribution in [0.25, 0.3) is 0 Å². The molecule has 1 aliphatic rings. The summed E-state index contributed by atoms with van der Waals surface area (Å²) in [4.78, 5) is 26.0. The van der Waals surface area contributed by atoms with E-state index in [9.17, 15) is 14.0 Å². The number of carbonyl (C=O) groups is 2. The highest BCUT2D eigenvalue weighted by molar-refractivity contribution is 5.86. The van der Waals surface area contributed by atoms with Gasteiger partial charge in [-0.25, -0.2) is 4.39 Å². The van der Waals surface area contributed by atoms with Crippen molar-refractivity contribution in [3.05, 3.63) is 59.4 Å². The summed E-state index contributed by atoms with van der Waals surface area (Å²) in [5.41, 5.74) is 1.62. The van der Waals surface area contributed by atoms with Crippen molar-refractivity contribution in [2.75, 3.05) is 6.79 Å². The van der Waals surface area contributed by atoms with E-state index in [0.29, 0.717) is 18.0 Å². The second kappa shape index (κ2) is 8.07. The fourth-order valence-electron chi connectivity index (χ4n) is 2.84. The minimum Gasteiger partial charge on any atom is -0.454 e. The number of amides is 2. The molecule has 2 amide bonds. The minimum atomic E-state index is -0.665. The van der Waals surface area contributed by atoms with Crippen LogP contribution in [0.4, 0.5) is 4.39 Å². The molecule has 2 aromatic rings. The summed E-state index contributed by atoms with van der Waals surface area (Å²) in [7, 11) is 0. The van der Waals surface area contributed by atoms with Gasteiger partial charge in [-0.1, -0.05) is 18.2 Å². The van der Waals surface area contributed by atoms with Gasteiger partial charge in [-0.05, 0) is 42.3 Å². The molecule has 2 aromatic carbocycles. The van der Waals surface area contributed by atoms with Crippen LogP contribution >= 0.6 is 0 Å². The average Bonchev–Trinajstić information content (AvgIpc) is 3.12. The third-order valence-corrected chi connectivity index (χ3v) is 4.42. The molecule has 0 aromatic heterocycles. The third-order valence-electron chi connectivity index (χ3n) is 4.42. The smallest absolute Gasteiger partial charge is 0.242 e.